The summed E-state index contributed by atoms with van der Waals surface area (Å²) in [6.45, 7) is 3.68. The lowest BCUT2D eigenvalue weighted by Gasteiger charge is -2.45. The maximum Gasteiger partial charge on any atom is 0.140 e. The van der Waals surface area contributed by atoms with Crippen LogP contribution in [0.4, 0.5) is 0 Å². The summed E-state index contributed by atoms with van der Waals surface area (Å²) in [5, 5.41) is 0. The van der Waals surface area contributed by atoms with Gasteiger partial charge in [0, 0.05) is 18.9 Å². The Labute approximate surface area is 127 Å². The third kappa shape index (κ3) is 3.11. The number of hydrogen-bond donors (Lipinski definition) is 0. The molecule has 1 fully saturated rings. The van der Waals surface area contributed by atoms with Gasteiger partial charge in [-0.2, -0.15) is 0 Å². The number of ketones is 1. The lowest BCUT2D eigenvalue weighted by atomic mass is 9.59. The fourth-order valence-corrected chi connectivity index (χ4v) is 3.82. The lowest BCUT2D eigenvalue weighted by molar-refractivity contribution is -0.127. The molecule has 0 amide bonds. The molecule has 0 spiro atoms. The molecule has 2 bridgehead atoms. The molecular formula is C19H24O2. The predicted octanol–water partition coefficient (Wildman–Crippen LogP) is 4.30. The zero-order chi connectivity index (χ0) is 14.7. The molecule has 3 aliphatic rings. The van der Waals surface area contributed by atoms with E-state index in [1.54, 1.807) is 0 Å². The summed E-state index contributed by atoms with van der Waals surface area (Å²) in [5.74, 6) is 0.679. The first-order valence-electron chi connectivity index (χ1n) is 8.03. The van der Waals surface area contributed by atoms with Gasteiger partial charge in [0.25, 0.3) is 0 Å². The van der Waals surface area contributed by atoms with Crippen molar-refractivity contribution in [3.8, 4) is 0 Å². The zero-order valence-corrected chi connectivity index (χ0v) is 12.8. The van der Waals surface area contributed by atoms with E-state index < -0.39 is 0 Å². The Hall–Kier alpha value is -1.41. The minimum absolute atomic E-state index is 0.155. The summed E-state index contributed by atoms with van der Waals surface area (Å²) >= 11 is 0. The van der Waals surface area contributed by atoms with Crippen molar-refractivity contribution in [3.63, 3.8) is 0 Å². The van der Waals surface area contributed by atoms with E-state index in [0.717, 1.165) is 32.3 Å². The minimum Gasteiger partial charge on any atom is -0.377 e. The number of ether oxygens (including phenoxy) is 1. The van der Waals surface area contributed by atoms with Crippen LogP contribution in [0, 0.1) is 11.3 Å². The average Bonchev–Trinajstić information content (AvgIpc) is 2.50. The number of allylic oxidation sites excluding steroid dienone is 2. The highest BCUT2D eigenvalue weighted by Crippen LogP contribution is 2.51. The Morgan fingerprint density at radius 2 is 2.10 bits per heavy atom. The number of hydrogen-bond acceptors (Lipinski definition) is 2. The topological polar surface area (TPSA) is 26.3 Å². The summed E-state index contributed by atoms with van der Waals surface area (Å²) in [5.41, 5.74) is 2.82. The molecule has 112 valence electrons. The molecule has 2 atom stereocenters. The SMILES string of the molecule is CC1=C[C@@H]2CC[C@@]1(CCCOCc1ccccc1)CC2=O. The molecule has 0 radical (unpaired) electrons. The van der Waals surface area contributed by atoms with Crippen LogP contribution in [0.1, 0.15) is 44.6 Å². The highest BCUT2D eigenvalue weighted by molar-refractivity contribution is 5.86. The third-order valence-corrected chi connectivity index (χ3v) is 5.20. The van der Waals surface area contributed by atoms with Gasteiger partial charge in [0.1, 0.15) is 5.78 Å². The highest BCUT2D eigenvalue weighted by Gasteiger charge is 2.44. The van der Waals surface area contributed by atoms with Crippen LogP contribution >= 0.6 is 0 Å². The predicted molar refractivity (Wildman–Crippen MR) is 83.9 cm³/mol. The Bertz CT molecular complexity index is 532. The highest BCUT2D eigenvalue weighted by atomic mass is 16.5. The first-order chi connectivity index (χ1) is 10.2. The number of Topliss-reactive ketones (excluding diaryl/α,β-unsaturated/α-hetero) is 1. The fraction of sp³-hybridized carbons (Fsp3) is 0.526. The van der Waals surface area contributed by atoms with Crippen LogP contribution in [-0.4, -0.2) is 12.4 Å². The number of rotatable bonds is 6. The fourth-order valence-electron chi connectivity index (χ4n) is 3.82. The maximum atomic E-state index is 12.0. The van der Waals surface area contributed by atoms with E-state index in [0.29, 0.717) is 12.4 Å². The van der Waals surface area contributed by atoms with Crippen LogP contribution < -0.4 is 0 Å². The number of carbonyl (C=O) groups is 1. The summed E-state index contributed by atoms with van der Waals surface area (Å²) in [7, 11) is 0. The van der Waals surface area contributed by atoms with E-state index in [1.807, 2.05) is 18.2 Å². The third-order valence-electron chi connectivity index (χ3n) is 5.20. The van der Waals surface area contributed by atoms with Crippen LogP contribution in [0.25, 0.3) is 0 Å². The molecule has 2 heteroatoms. The smallest absolute Gasteiger partial charge is 0.140 e. The van der Waals surface area contributed by atoms with Gasteiger partial charge in [0.2, 0.25) is 0 Å². The van der Waals surface area contributed by atoms with Crippen molar-refractivity contribution in [2.75, 3.05) is 6.61 Å². The van der Waals surface area contributed by atoms with Crippen molar-refractivity contribution >= 4 is 5.78 Å². The Morgan fingerprint density at radius 3 is 2.81 bits per heavy atom. The molecule has 0 heterocycles. The molecule has 0 N–H and O–H groups in total. The molecule has 1 aromatic carbocycles. The Morgan fingerprint density at radius 1 is 1.29 bits per heavy atom. The second-order valence-corrected chi connectivity index (χ2v) is 6.56. The normalized spacial score (nSPS) is 27.8. The van der Waals surface area contributed by atoms with Crippen molar-refractivity contribution in [1.82, 2.24) is 0 Å². The lowest BCUT2D eigenvalue weighted by Crippen LogP contribution is -2.39. The Balaban J connectivity index is 1.46. The van der Waals surface area contributed by atoms with Gasteiger partial charge < -0.3 is 4.74 Å². The molecule has 3 aliphatic carbocycles. The monoisotopic (exact) mass is 284 g/mol. The van der Waals surface area contributed by atoms with Gasteiger partial charge in [-0.25, -0.2) is 0 Å². The van der Waals surface area contributed by atoms with Crippen LogP contribution in [0.2, 0.25) is 0 Å². The van der Waals surface area contributed by atoms with Crippen molar-refractivity contribution in [3.05, 3.63) is 47.5 Å². The zero-order valence-electron chi connectivity index (χ0n) is 12.8. The number of benzene rings is 1. The van der Waals surface area contributed by atoms with Gasteiger partial charge >= 0.3 is 0 Å². The van der Waals surface area contributed by atoms with Gasteiger partial charge in [-0.3, -0.25) is 4.79 Å². The maximum absolute atomic E-state index is 12.0. The summed E-state index contributed by atoms with van der Waals surface area (Å²) < 4.78 is 5.77. The van der Waals surface area contributed by atoms with Gasteiger partial charge in [-0.15, -0.1) is 0 Å². The number of carbonyl (C=O) groups excluding carboxylic acids is 1. The van der Waals surface area contributed by atoms with Gasteiger partial charge in [-0.05, 0) is 43.6 Å². The molecule has 0 unspecified atom stereocenters. The van der Waals surface area contributed by atoms with Crippen LogP contribution in [-0.2, 0) is 16.1 Å². The van der Waals surface area contributed by atoms with Gasteiger partial charge in [0.05, 0.1) is 6.61 Å². The molecule has 1 saturated carbocycles. The van der Waals surface area contributed by atoms with Crippen molar-refractivity contribution < 1.29 is 9.53 Å². The summed E-state index contributed by atoms with van der Waals surface area (Å²) in [4.78, 5) is 12.0. The molecule has 0 aromatic heterocycles. The number of fused-ring (bicyclic) bond motifs is 2. The van der Waals surface area contributed by atoms with Crippen LogP contribution in [0.15, 0.2) is 42.0 Å². The van der Waals surface area contributed by atoms with E-state index in [2.05, 4.69) is 25.1 Å². The second-order valence-electron chi connectivity index (χ2n) is 6.56. The van der Waals surface area contributed by atoms with Crippen LogP contribution in [0.5, 0.6) is 0 Å². The molecular weight excluding hydrogens is 260 g/mol. The largest absolute Gasteiger partial charge is 0.377 e. The van der Waals surface area contributed by atoms with Gasteiger partial charge in [0.15, 0.2) is 0 Å². The first kappa shape index (κ1) is 14.5. The molecule has 4 rings (SSSR count). The summed E-state index contributed by atoms with van der Waals surface area (Å²) in [6.07, 6.45) is 7.35. The van der Waals surface area contributed by atoms with Crippen molar-refractivity contribution in [1.29, 1.82) is 0 Å². The van der Waals surface area contributed by atoms with Gasteiger partial charge in [-0.1, -0.05) is 42.0 Å². The first-order valence-corrected chi connectivity index (χ1v) is 8.03. The Kier molecular flexibility index (Phi) is 4.25. The van der Waals surface area contributed by atoms with E-state index in [4.69, 9.17) is 4.74 Å². The van der Waals surface area contributed by atoms with Crippen LogP contribution in [0.3, 0.4) is 0 Å². The van der Waals surface area contributed by atoms with Crippen molar-refractivity contribution in [2.24, 2.45) is 11.3 Å². The van der Waals surface area contributed by atoms with E-state index in [1.165, 1.54) is 17.6 Å². The molecule has 0 aliphatic heterocycles. The molecule has 2 nitrogen and oxygen atoms in total. The second kappa shape index (κ2) is 6.15. The molecule has 0 saturated heterocycles. The van der Waals surface area contributed by atoms with E-state index in [-0.39, 0.29) is 11.3 Å². The van der Waals surface area contributed by atoms with Crippen molar-refractivity contribution in [2.45, 2.75) is 45.6 Å². The minimum atomic E-state index is 0.155. The average molecular weight is 284 g/mol. The quantitative estimate of drug-likeness (QED) is 0.575. The molecule has 21 heavy (non-hydrogen) atoms. The molecule has 1 aromatic rings. The van der Waals surface area contributed by atoms with E-state index in [9.17, 15) is 4.79 Å². The standard InChI is InChI=1S/C19H24O2/c1-15-12-17-8-10-19(15,13-18(17)20)9-5-11-21-14-16-6-3-2-4-7-16/h2-4,6-7,12,17H,5,8-11,13-14H2,1H3/t17-,19-/m0/s1. The van der Waals surface area contributed by atoms with E-state index >= 15 is 0 Å². The summed E-state index contributed by atoms with van der Waals surface area (Å²) in [6, 6.07) is 10.3.